The highest BCUT2D eigenvalue weighted by molar-refractivity contribution is 6.02. The van der Waals surface area contributed by atoms with Gasteiger partial charge in [-0.15, -0.1) is 0 Å². The maximum Gasteiger partial charge on any atom is 0.310 e. The maximum absolute atomic E-state index is 12.8. The van der Waals surface area contributed by atoms with Gasteiger partial charge in [0.2, 0.25) is 5.91 Å². The Morgan fingerprint density at radius 3 is 2.72 bits per heavy atom. The third-order valence-corrected chi connectivity index (χ3v) is 5.51. The number of Topliss-reactive ketones (excluding diaryl/α,β-unsaturated/α-hetero) is 1. The molecular weight excluding hydrogens is 318 g/mol. The highest BCUT2D eigenvalue weighted by Crippen LogP contribution is 2.37. The summed E-state index contributed by atoms with van der Waals surface area (Å²) in [6.07, 6.45) is 2.62. The normalized spacial score (nSPS) is 25.1. The van der Waals surface area contributed by atoms with Crippen molar-refractivity contribution in [3.8, 4) is 0 Å². The van der Waals surface area contributed by atoms with Gasteiger partial charge < -0.3 is 9.64 Å². The van der Waals surface area contributed by atoms with Gasteiger partial charge in [-0.3, -0.25) is 14.4 Å². The van der Waals surface area contributed by atoms with Crippen LogP contribution in [0.15, 0.2) is 24.3 Å². The zero-order valence-electron chi connectivity index (χ0n) is 14.9. The highest BCUT2D eigenvalue weighted by Gasteiger charge is 2.40. The summed E-state index contributed by atoms with van der Waals surface area (Å²) in [4.78, 5) is 38.7. The van der Waals surface area contributed by atoms with Crippen molar-refractivity contribution in [2.75, 3.05) is 20.2 Å². The van der Waals surface area contributed by atoms with Gasteiger partial charge in [0.1, 0.15) is 0 Å². The molecule has 3 atom stereocenters. The Labute approximate surface area is 148 Å². The Morgan fingerprint density at radius 2 is 2.00 bits per heavy atom. The number of fused-ring (bicyclic) bond motifs is 1. The fourth-order valence-corrected chi connectivity index (χ4v) is 4.23. The van der Waals surface area contributed by atoms with Gasteiger partial charge in [-0.2, -0.15) is 0 Å². The molecular formula is C20H25NO4. The Kier molecular flexibility index (Phi) is 5.21. The lowest BCUT2D eigenvalue weighted by molar-refractivity contribution is -0.146. The smallest absolute Gasteiger partial charge is 0.310 e. The van der Waals surface area contributed by atoms with E-state index in [4.69, 9.17) is 4.74 Å². The zero-order valence-corrected chi connectivity index (χ0v) is 14.9. The van der Waals surface area contributed by atoms with Crippen LogP contribution in [0.25, 0.3) is 0 Å². The first-order valence-corrected chi connectivity index (χ1v) is 9.02. The van der Waals surface area contributed by atoms with Crippen molar-refractivity contribution >= 4 is 17.7 Å². The molecule has 0 radical (unpaired) electrons. The average molecular weight is 343 g/mol. The molecule has 0 N–H and O–H groups in total. The van der Waals surface area contributed by atoms with Gasteiger partial charge >= 0.3 is 5.97 Å². The number of ketones is 1. The number of amides is 1. The molecule has 134 valence electrons. The number of carbonyl (C=O) groups is 3. The van der Waals surface area contributed by atoms with Gasteiger partial charge in [0.15, 0.2) is 5.78 Å². The van der Waals surface area contributed by atoms with E-state index in [-0.39, 0.29) is 35.4 Å². The van der Waals surface area contributed by atoms with Crippen LogP contribution < -0.4 is 0 Å². The van der Waals surface area contributed by atoms with Crippen molar-refractivity contribution in [1.82, 2.24) is 4.90 Å². The van der Waals surface area contributed by atoms with Gasteiger partial charge in [-0.1, -0.05) is 37.6 Å². The van der Waals surface area contributed by atoms with Gasteiger partial charge in [0.25, 0.3) is 0 Å². The van der Waals surface area contributed by atoms with Gasteiger partial charge in [-0.05, 0) is 17.9 Å². The number of esters is 1. The minimum Gasteiger partial charge on any atom is -0.469 e. The molecule has 1 aromatic carbocycles. The second kappa shape index (κ2) is 7.38. The predicted octanol–water partition coefficient (Wildman–Crippen LogP) is 2.79. The first-order chi connectivity index (χ1) is 12.0. The van der Waals surface area contributed by atoms with Crippen molar-refractivity contribution < 1.29 is 19.1 Å². The zero-order chi connectivity index (χ0) is 18.0. The van der Waals surface area contributed by atoms with Crippen molar-refractivity contribution in [3.63, 3.8) is 0 Å². The van der Waals surface area contributed by atoms with Gasteiger partial charge in [0.05, 0.1) is 13.0 Å². The molecule has 1 aliphatic heterocycles. The minimum absolute atomic E-state index is 0.0296. The van der Waals surface area contributed by atoms with Crippen molar-refractivity contribution in [2.45, 2.75) is 38.5 Å². The molecule has 5 heteroatoms. The lowest BCUT2D eigenvalue weighted by Gasteiger charge is -2.19. The van der Waals surface area contributed by atoms with Gasteiger partial charge in [0, 0.05) is 37.4 Å². The number of ether oxygens (including phenoxy) is 1. The van der Waals surface area contributed by atoms with Crippen molar-refractivity contribution in [3.05, 3.63) is 35.4 Å². The van der Waals surface area contributed by atoms with Gasteiger partial charge in [-0.25, -0.2) is 0 Å². The number of benzene rings is 1. The summed E-state index contributed by atoms with van der Waals surface area (Å²) in [5.74, 6) is -0.188. The Morgan fingerprint density at radius 1 is 1.24 bits per heavy atom. The molecule has 2 aliphatic rings. The third-order valence-electron chi connectivity index (χ3n) is 5.51. The maximum atomic E-state index is 12.8. The van der Waals surface area contributed by atoms with Crippen LogP contribution in [-0.4, -0.2) is 42.8 Å². The number of likely N-dealkylation sites (tertiary alicyclic amines) is 1. The molecule has 5 nitrogen and oxygen atoms in total. The lowest BCUT2D eigenvalue weighted by Crippen LogP contribution is -2.31. The van der Waals surface area contributed by atoms with Crippen LogP contribution in [0.1, 0.15) is 54.4 Å². The number of methoxy groups -OCH3 is 1. The van der Waals surface area contributed by atoms with Crippen molar-refractivity contribution in [2.24, 2.45) is 11.8 Å². The standard InChI is InChI=1S/C20H25NO4/c1-3-6-13-11-21(12-17(13)20(24)25-2)19(23)10-14-9-18(22)16-8-5-4-7-15(14)16/h4-5,7-8,13-14,17H,3,6,9-12H2,1-2H3/t13-,14?,17-/m1/s1. The molecule has 0 aromatic heterocycles. The third kappa shape index (κ3) is 3.46. The molecule has 0 saturated carbocycles. The van der Waals surface area contributed by atoms with E-state index in [0.29, 0.717) is 25.9 Å². The highest BCUT2D eigenvalue weighted by atomic mass is 16.5. The number of carbonyl (C=O) groups excluding carboxylic acids is 3. The fourth-order valence-electron chi connectivity index (χ4n) is 4.23. The Hall–Kier alpha value is -2.17. The SMILES string of the molecule is CCC[C@@H]1CN(C(=O)CC2CC(=O)c3ccccc32)C[C@H]1C(=O)OC. The summed E-state index contributed by atoms with van der Waals surface area (Å²) in [6.45, 7) is 3.12. The van der Waals surface area contributed by atoms with Crippen LogP contribution in [0.5, 0.6) is 0 Å². The summed E-state index contributed by atoms with van der Waals surface area (Å²) in [5.41, 5.74) is 1.73. The molecule has 1 fully saturated rings. The topological polar surface area (TPSA) is 63.7 Å². The van der Waals surface area contributed by atoms with E-state index in [1.165, 1.54) is 7.11 Å². The van der Waals surface area contributed by atoms with E-state index in [1.807, 2.05) is 24.3 Å². The van der Waals surface area contributed by atoms with E-state index in [0.717, 1.165) is 24.0 Å². The van der Waals surface area contributed by atoms with Crippen LogP contribution in [-0.2, 0) is 14.3 Å². The monoisotopic (exact) mass is 343 g/mol. The molecule has 1 heterocycles. The number of hydrogen-bond acceptors (Lipinski definition) is 4. The number of hydrogen-bond donors (Lipinski definition) is 0. The first kappa shape index (κ1) is 17.6. The summed E-state index contributed by atoms with van der Waals surface area (Å²) in [6, 6.07) is 7.55. The van der Waals surface area contributed by atoms with Crippen molar-refractivity contribution in [1.29, 1.82) is 0 Å². The molecule has 1 aromatic rings. The van der Waals surface area contributed by atoms with E-state index >= 15 is 0 Å². The molecule has 0 bridgehead atoms. The fraction of sp³-hybridized carbons (Fsp3) is 0.550. The first-order valence-electron chi connectivity index (χ1n) is 9.02. The quantitative estimate of drug-likeness (QED) is 0.771. The average Bonchev–Trinajstić information content (AvgIpc) is 3.17. The molecule has 1 saturated heterocycles. The molecule has 0 spiro atoms. The molecule has 25 heavy (non-hydrogen) atoms. The Bertz CT molecular complexity index is 684. The van der Waals surface area contributed by atoms with E-state index < -0.39 is 0 Å². The Balaban J connectivity index is 1.68. The largest absolute Gasteiger partial charge is 0.469 e. The predicted molar refractivity (Wildman–Crippen MR) is 93.2 cm³/mol. The van der Waals surface area contributed by atoms with E-state index in [1.54, 1.807) is 4.90 Å². The lowest BCUT2D eigenvalue weighted by atomic mass is 9.92. The van der Waals surface area contributed by atoms with Crippen LogP contribution in [0.4, 0.5) is 0 Å². The second-order valence-corrected chi connectivity index (χ2v) is 7.09. The second-order valence-electron chi connectivity index (χ2n) is 7.09. The molecule has 1 unspecified atom stereocenters. The van der Waals surface area contributed by atoms with E-state index in [2.05, 4.69) is 6.92 Å². The number of rotatable bonds is 5. The summed E-state index contributed by atoms with van der Waals surface area (Å²) in [7, 11) is 1.40. The van der Waals surface area contributed by atoms with Crippen LogP contribution in [0, 0.1) is 11.8 Å². The van der Waals surface area contributed by atoms with Crippen LogP contribution >= 0.6 is 0 Å². The molecule has 1 amide bonds. The summed E-state index contributed by atoms with van der Waals surface area (Å²) in [5, 5.41) is 0. The minimum atomic E-state index is -0.230. The van der Waals surface area contributed by atoms with Crippen LogP contribution in [0.2, 0.25) is 0 Å². The van der Waals surface area contributed by atoms with E-state index in [9.17, 15) is 14.4 Å². The molecule has 3 rings (SSSR count). The molecule has 1 aliphatic carbocycles. The summed E-state index contributed by atoms with van der Waals surface area (Å²) < 4.78 is 4.91. The summed E-state index contributed by atoms with van der Waals surface area (Å²) >= 11 is 0. The number of nitrogens with zero attached hydrogens (tertiary/aromatic N) is 1. The van der Waals surface area contributed by atoms with Crippen LogP contribution in [0.3, 0.4) is 0 Å².